The second-order valence-electron chi connectivity index (χ2n) is 5.53. The molecule has 0 bridgehead atoms. The summed E-state index contributed by atoms with van der Waals surface area (Å²) in [5.41, 5.74) is 1.37. The van der Waals surface area contributed by atoms with Crippen LogP contribution in [0, 0.1) is 0 Å². The second kappa shape index (κ2) is 5.81. The predicted octanol–water partition coefficient (Wildman–Crippen LogP) is -1.19. The highest BCUT2D eigenvalue weighted by molar-refractivity contribution is 7.46. The first-order valence-electron chi connectivity index (χ1n) is 7.21. The summed E-state index contributed by atoms with van der Waals surface area (Å²) in [6.07, 6.45) is 1.08. The Balaban J connectivity index is 1.74. The van der Waals surface area contributed by atoms with Gasteiger partial charge in [0.25, 0.3) is 0 Å². The van der Waals surface area contributed by atoms with Gasteiger partial charge in [0, 0.05) is 12.4 Å². The lowest BCUT2D eigenvalue weighted by Gasteiger charge is -2.20. The van der Waals surface area contributed by atoms with Crippen molar-refractivity contribution < 1.29 is 33.8 Å². The van der Waals surface area contributed by atoms with E-state index in [2.05, 4.69) is 19.5 Å². The van der Waals surface area contributed by atoms with Gasteiger partial charge in [0.1, 0.15) is 24.6 Å². The minimum Gasteiger partial charge on any atom is -0.394 e. The summed E-state index contributed by atoms with van der Waals surface area (Å²) < 4.78 is 24.3. The summed E-state index contributed by atoms with van der Waals surface area (Å²) in [7, 11) is -4.88. The first-order valence-corrected chi connectivity index (χ1v) is 8.74. The van der Waals surface area contributed by atoms with E-state index in [0.29, 0.717) is 16.8 Å². The van der Waals surface area contributed by atoms with E-state index >= 15 is 0 Å². The average molecular weight is 371 g/mol. The fourth-order valence-corrected chi connectivity index (χ4v) is 3.50. The number of aliphatic hydroxyl groups excluding tert-OH is 2. The quantitative estimate of drug-likeness (QED) is 0.410. The Morgan fingerprint density at radius 3 is 2.76 bits per heavy atom. The van der Waals surface area contributed by atoms with Gasteiger partial charge in [-0.2, -0.15) is 0 Å². The number of phosphoric acid groups is 1. The molecule has 4 heterocycles. The van der Waals surface area contributed by atoms with Gasteiger partial charge in [-0.15, -0.1) is 0 Å². The molecule has 0 unspecified atom stereocenters. The Kier molecular flexibility index (Phi) is 3.85. The van der Waals surface area contributed by atoms with Gasteiger partial charge in [-0.25, -0.2) is 19.5 Å². The molecule has 0 spiro atoms. The van der Waals surface area contributed by atoms with E-state index in [1.165, 1.54) is 17.2 Å². The number of imidazole rings is 2. The zero-order valence-electron chi connectivity index (χ0n) is 12.5. The van der Waals surface area contributed by atoms with Crippen molar-refractivity contribution in [1.29, 1.82) is 0 Å². The number of hydrogen-bond acceptors (Lipinski definition) is 8. The Morgan fingerprint density at radius 2 is 2.04 bits per heavy atom. The number of fused-ring (bicyclic) bond motifs is 3. The summed E-state index contributed by atoms with van der Waals surface area (Å²) in [5.74, 6) is 0. The Hall–Kier alpha value is -1.92. The molecule has 4 rings (SSSR count). The minimum atomic E-state index is -4.88. The highest BCUT2D eigenvalue weighted by Gasteiger charge is 2.48. The van der Waals surface area contributed by atoms with Gasteiger partial charge in [-0.3, -0.25) is 13.5 Å². The van der Waals surface area contributed by atoms with Crippen molar-refractivity contribution in [2.45, 2.75) is 24.5 Å². The highest BCUT2D eigenvalue weighted by Crippen LogP contribution is 2.44. The smallest absolute Gasteiger partial charge is 0.394 e. The summed E-state index contributed by atoms with van der Waals surface area (Å²) >= 11 is 0. The predicted molar refractivity (Wildman–Crippen MR) is 80.2 cm³/mol. The molecule has 0 amide bonds. The molecule has 0 saturated carbocycles. The van der Waals surface area contributed by atoms with Crippen molar-refractivity contribution in [2.24, 2.45) is 0 Å². The van der Waals surface area contributed by atoms with Crippen LogP contribution in [0.5, 0.6) is 0 Å². The van der Waals surface area contributed by atoms with Gasteiger partial charge in [0.15, 0.2) is 23.0 Å². The van der Waals surface area contributed by atoms with E-state index in [-0.39, 0.29) is 0 Å². The maximum absolute atomic E-state index is 11.1. The van der Waals surface area contributed by atoms with Crippen molar-refractivity contribution in [3.05, 3.63) is 25.0 Å². The average Bonchev–Trinajstić information content (AvgIpc) is 3.23. The zero-order valence-corrected chi connectivity index (χ0v) is 13.4. The van der Waals surface area contributed by atoms with E-state index in [9.17, 15) is 14.8 Å². The molecule has 4 N–H and O–H groups in total. The molecule has 13 heteroatoms. The monoisotopic (exact) mass is 371 g/mol. The third-order valence-electron chi connectivity index (χ3n) is 3.98. The van der Waals surface area contributed by atoms with Crippen LogP contribution in [0.1, 0.15) is 6.23 Å². The molecular formula is C12H14N5O7P. The van der Waals surface area contributed by atoms with Crippen LogP contribution in [-0.4, -0.2) is 68.8 Å². The van der Waals surface area contributed by atoms with Crippen molar-refractivity contribution >= 4 is 24.6 Å². The van der Waals surface area contributed by atoms with Crippen molar-refractivity contribution in [2.75, 3.05) is 6.61 Å². The van der Waals surface area contributed by atoms with E-state index < -0.39 is 39.0 Å². The number of nitrogens with zero attached hydrogens (tertiary/aromatic N) is 5. The van der Waals surface area contributed by atoms with Crippen LogP contribution in [0.3, 0.4) is 0 Å². The first kappa shape index (κ1) is 16.5. The van der Waals surface area contributed by atoms with Gasteiger partial charge in [0.2, 0.25) is 0 Å². The lowest BCUT2D eigenvalue weighted by Crippen LogP contribution is -2.35. The zero-order chi connectivity index (χ0) is 17.8. The summed E-state index contributed by atoms with van der Waals surface area (Å²) in [5, 5.41) is 19.8. The molecule has 0 aliphatic carbocycles. The van der Waals surface area contributed by atoms with Crippen molar-refractivity contribution in [3.8, 4) is 0 Å². The molecule has 3 aromatic heterocycles. The largest absolute Gasteiger partial charge is 0.470 e. The number of aliphatic hydroxyl groups is 2. The first-order chi connectivity index (χ1) is 11.9. The van der Waals surface area contributed by atoms with Crippen LogP contribution in [0.25, 0.3) is 16.8 Å². The molecule has 3 aromatic rings. The molecule has 1 saturated heterocycles. The maximum atomic E-state index is 11.1. The molecule has 0 aromatic carbocycles. The summed E-state index contributed by atoms with van der Waals surface area (Å²) in [6, 6.07) is 0. The van der Waals surface area contributed by atoms with E-state index in [4.69, 9.17) is 14.5 Å². The van der Waals surface area contributed by atoms with Crippen LogP contribution >= 0.6 is 7.82 Å². The Bertz CT molecular complexity index is 967. The van der Waals surface area contributed by atoms with Gasteiger partial charge in [-0.1, -0.05) is 0 Å². The standard InChI is InChI=1S/C12H14N5O7P/c18-3-6-9(24-25(20,21)22)8(19)12(23-6)17-5-14-7-10-13-1-2-16(10)4-15-11(7)17/h1-2,4-6,8-9,12,18-19H,3H2,(H2,20,21,22)/t6-,8-,9-,12-/m1/s1. The molecule has 134 valence electrons. The number of rotatable bonds is 4. The molecular weight excluding hydrogens is 357 g/mol. The maximum Gasteiger partial charge on any atom is 0.470 e. The highest BCUT2D eigenvalue weighted by atomic mass is 31.2. The SMILES string of the molecule is O=P(O)(O)O[C@H]1[C@@H](O)[C@H](n2cnc3c2ncn2ccnc32)O[C@@H]1CO. The van der Waals surface area contributed by atoms with Crippen molar-refractivity contribution in [1.82, 2.24) is 23.9 Å². The van der Waals surface area contributed by atoms with Crippen molar-refractivity contribution in [3.63, 3.8) is 0 Å². The van der Waals surface area contributed by atoms with E-state index in [1.54, 1.807) is 16.8 Å². The minimum absolute atomic E-state index is 0.358. The van der Waals surface area contributed by atoms with Gasteiger partial charge in [0.05, 0.1) is 12.9 Å². The molecule has 1 aliphatic heterocycles. The van der Waals surface area contributed by atoms with Gasteiger partial charge >= 0.3 is 7.82 Å². The lowest BCUT2D eigenvalue weighted by molar-refractivity contribution is -0.0509. The molecule has 0 radical (unpaired) electrons. The normalized spacial score (nSPS) is 27.5. The molecule has 1 fully saturated rings. The van der Waals surface area contributed by atoms with Gasteiger partial charge < -0.3 is 24.7 Å². The molecule has 12 nitrogen and oxygen atoms in total. The Labute approximate surface area is 139 Å². The number of ether oxygens (including phenoxy) is 1. The number of aromatic nitrogens is 5. The van der Waals surface area contributed by atoms with Crippen LogP contribution in [0.4, 0.5) is 0 Å². The van der Waals surface area contributed by atoms with E-state index in [1.807, 2.05) is 0 Å². The summed E-state index contributed by atoms with van der Waals surface area (Å²) in [4.78, 5) is 30.6. The number of hydrogen-bond donors (Lipinski definition) is 4. The van der Waals surface area contributed by atoms with Gasteiger partial charge in [-0.05, 0) is 0 Å². The second-order valence-corrected chi connectivity index (χ2v) is 6.72. The van der Waals surface area contributed by atoms with Crippen LogP contribution in [-0.2, 0) is 13.8 Å². The number of phosphoric ester groups is 1. The molecule has 4 atom stereocenters. The van der Waals surface area contributed by atoms with Crippen LogP contribution < -0.4 is 0 Å². The topological polar surface area (TPSA) is 164 Å². The van der Waals surface area contributed by atoms with Crippen LogP contribution in [0.2, 0.25) is 0 Å². The fraction of sp³-hybridized carbons (Fsp3) is 0.417. The molecule has 1 aliphatic rings. The fourth-order valence-electron chi connectivity index (χ4n) is 2.92. The summed E-state index contributed by atoms with van der Waals surface area (Å²) in [6.45, 7) is -0.594. The van der Waals surface area contributed by atoms with Crippen LogP contribution in [0.15, 0.2) is 25.0 Å². The lowest BCUT2D eigenvalue weighted by atomic mass is 10.1. The molecule has 25 heavy (non-hydrogen) atoms. The third-order valence-corrected chi connectivity index (χ3v) is 4.49. The van der Waals surface area contributed by atoms with E-state index in [0.717, 1.165) is 0 Å². The third kappa shape index (κ3) is 2.73. The Morgan fingerprint density at radius 1 is 1.24 bits per heavy atom.